The molecule has 184 valence electrons. The van der Waals surface area contributed by atoms with Crippen molar-refractivity contribution in [3.05, 3.63) is 54.2 Å². The number of aromatic nitrogens is 1. The average Bonchev–Trinajstić information content (AvgIpc) is 2.81. The molecule has 1 atom stereocenters. The Bertz CT molecular complexity index is 924. The first kappa shape index (κ1) is 25.9. The van der Waals surface area contributed by atoms with Gasteiger partial charge >= 0.3 is 6.09 Å². The minimum Gasteiger partial charge on any atom is -0.444 e. The monoisotopic (exact) mass is 483 g/mol. The van der Waals surface area contributed by atoms with Gasteiger partial charge < -0.3 is 20.1 Å². The number of hydrogen-bond donors (Lipinski definition) is 2. The second-order valence-corrected chi connectivity index (χ2v) is 10.3. The van der Waals surface area contributed by atoms with Crippen molar-refractivity contribution in [1.82, 2.24) is 15.6 Å². The fourth-order valence-electron chi connectivity index (χ4n) is 4.15. The van der Waals surface area contributed by atoms with Gasteiger partial charge in [-0.1, -0.05) is 68.6 Å². The molecule has 1 amide bonds. The Labute approximate surface area is 208 Å². The van der Waals surface area contributed by atoms with Gasteiger partial charge in [0.25, 0.3) is 0 Å². The number of nitrogens with one attached hydrogen (secondary N) is 2. The summed E-state index contributed by atoms with van der Waals surface area (Å²) in [6.07, 6.45) is 9.52. The Morgan fingerprint density at radius 3 is 2.56 bits per heavy atom. The molecule has 0 unspecified atom stereocenters. The van der Waals surface area contributed by atoms with Crippen molar-refractivity contribution in [2.24, 2.45) is 5.92 Å². The number of rotatable bonds is 9. The van der Waals surface area contributed by atoms with E-state index in [0.717, 1.165) is 24.2 Å². The summed E-state index contributed by atoms with van der Waals surface area (Å²) in [5, 5.41) is 6.31. The first-order valence-corrected chi connectivity index (χ1v) is 12.6. The highest BCUT2D eigenvalue weighted by molar-refractivity contribution is 7.80. The average molecular weight is 484 g/mol. The number of ether oxygens (including phenoxy) is 2. The van der Waals surface area contributed by atoms with Gasteiger partial charge in [0.05, 0.1) is 11.0 Å². The third kappa shape index (κ3) is 8.93. The Morgan fingerprint density at radius 2 is 1.85 bits per heavy atom. The molecule has 1 aliphatic carbocycles. The summed E-state index contributed by atoms with van der Waals surface area (Å²) in [5.41, 5.74) is 0.323. The summed E-state index contributed by atoms with van der Waals surface area (Å²) in [5.74, 6) is 1.95. The number of pyridine rings is 1. The number of para-hydroxylation sites is 1. The first-order valence-electron chi connectivity index (χ1n) is 12.2. The molecule has 3 rings (SSSR count). The predicted molar refractivity (Wildman–Crippen MR) is 139 cm³/mol. The maximum Gasteiger partial charge on any atom is 0.408 e. The second-order valence-electron chi connectivity index (χ2n) is 9.88. The van der Waals surface area contributed by atoms with Gasteiger partial charge in [0.15, 0.2) is 0 Å². The molecule has 1 heterocycles. The van der Waals surface area contributed by atoms with Crippen LogP contribution >= 0.6 is 12.2 Å². The molecule has 0 saturated heterocycles. The van der Waals surface area contributed by atoms with Crippen LogP contribution in [0.3, 0.4) is 0 Å². The van der Waals surface area contributed by atoms with Gasteiger partial charge in [0, 0.05) is 18.3 Å². The van der Waals surface area contributed by atoms with Gasteiger partial charge in [0.2, 0.25) is 5.88 Å². The van der Waals surface area contributed by atoms with Crippen LogP contribution in [0.25, 0.3) is 0 Å². The molecule has 1 fully saturated rings. The Morgan fingerprint density at radius 1 is 1.12 bits per heavy atom. The molecule has 2 aromatic rings. The fraction of sp³-hybridized carbons (Fsp3) is 0.519. The normalized spacial score (nSPS) is 15.3. The number of nitrogens with zero attached hydrogens (tertiary/aromatic N) is 1. The smallest absolute Gasteiger partial charge is 0.408 e. The molecular formula is C27H37N3O3S. The Kier molecular flexibility index (Phi) is 9.69. The third-order valence-corrected chi connectivity index (χ3v) is 6.29. The Balaban J connectivity index is 1.62. The van der Waals surface area contributed by atoms with Crippen LogP contribution in [0, 0.1) is 5.92 Å². The molecule has 0 bridgehead atoms. The van der Waals surface area contributed by atoms with E-state index >= 15 is 0 Å². The SMILES string of the molecule is CC(C)(C)OC(=O)N[C@H](CCC1CCCCC1)C(=S)NCc1cccnc1Oc1ccccc1. The summed E-state index contributed by atoms with van der Waals surface area (Å²) < 4.78 is 11.5. The van der Waals surface area contributed by atoms with E-state index in [0.29, 0.717) is 23.3 Å². The standard InChI is InChI=1S/C27H37N3O3S/c1-27(2,3)33-26(31)30-23(17-16-20-11-6-4-7-12-20)25(34)29-19-21-13-10-18-28-24(21)32-22-14-8-5-9-15-22/h5,8-10,13-15,18,20,23H,4,6-7,11-12,16-17,19H2,1-3H3,(H,29,34)(H,30,31)/t23-/m1/s1. The molecule has 1 aromatic heterocycles. The number of thiocarbonyl (C=S) groups is 1. The summed E-state index contributed by atoms with van der Waals surface area (Å²) in [4.78, 5) is 17.5. The van der Waals surface area contributed by atoms with Crippen molar-refractivity contribution in [3.8, 4) is 11.6 Å². The maximum absolute atomic E-state index is 12.5. The summed E-state index contributed by atoms with van der Waals surface area (Å²) in [6.45, 7) is 6.02. The van der Waals surface area contributed by atoms with Crippen LogP contribution in [-0.2, 0) is 11.3 Å². The minimum atomic E-state index is -0.563. The van der Waals surface area contributed by atoms with Crippen LogP contribution in [0.4, 0.5) is 4.79 Å². The van der Waals surface area contributed by atoms with Crippen LogP contribution in [0.1, 0.15) is 71.3 Å². The lowest BCUT2D eigenvalue weighted by atomic mass is 9.85. The molecule has 0 spiro atoms. The van der Waals surface area contributed by atoms with Gasteiger partial charge in [-0.15, -0.1) is 0 Å². The van der Waals surface area contributed by atoms with E-state index in [9.17, 15) is 4.79 Å². The number of benzene rings is 1. The van der Waals surface area contributed by atoms with E-state index in [1.807, 2.05) is 63.2 Å². The molecular weight excluding hydrogens is 446 g/mol. The van der Waals surface area contributed by atoms with Crippen molar-refractivity contribution in [3.63, 3.8) is 0 Å². The number of carbonyl (C=O) groups is 1. The molecule has 2 N–H and O–H groups in total. The lowest BCUT2D eigenvalue weighted by Crippen LogP contribution is -2.47. The highest BCUT2D eigenvalue weighted by Gasteiger charge is 2.24. The molecule has 0 radical (unpaired) electrons. The van der Waals surface area contributed by atoms with E-state index < -0.39 is 11.7 Å². The van der Waals surface area contributed by atoms with E-state index in [-0.39, 0.29) is 6.04 Å². The number of alkyl carbamates (subject to hydrolysis) is 1. The van der Waals surface area contributed by atoms with Crippen molar-refractivity contribution < 1.29 is 14.3 Å². The zero-order chi connectivity index (χ0) is 24.4. The zero-order valence-corrected chi connectivity index (χ0v) is 21.3. The minimum absolute atomic E-state index is 0.290. The van der Waals surface area contributed by atoms with Gasteiger partial charge in [-0.05, 0) is 57.7 Å². The van der Waals surface area contributed by atoms with E-state index in [2.05, 4.69) is 15.6 Å². The molecule has 34 heavy (non-hydrogen) atoms. The van der Waals surface area contributed by atoms with Crippen LogP contribution < -0.4 is 15.4 Å². The quantitative estimate of drug-likeness (QED) is 0.394. The summed E-state index contributed by atoms with van der Waals surface area (Å²) in [7, 11) is 0. The number of carbonyl (C=O) groups excluding carboxylic acids is 1. The third-order valence-electron chi connectivity index (χ3n) is 5.86. The highest BCUT2D eigenvalue weighted by Crippen LogP contribution is 2.28. The van der Waals surface area contributed by atoms with Crippen molar-refractivity contribution in [2.45, 2.75) is 83.9 Å². The molecule has 6 nitrogen and oxygen atoms in total. The van der Waals surface area contributed by atoms with E-state index in [1.54, 1.807) is 6.20 Å². The summed E-state index contributed by atoms with van der Waals surface area (Å²) in [6, 6.07) is 13.1. The van der Waals surface area contributed by atoms with E-state index in [4.69, 9.17) is 21.7 Å². The molecule has 1 aromatic carbocycles. The van der Waals surface area contributed by atoms with E-state index in [1.165, 1.54) is 32.1 Å². The lowest BCUT2D eigenvalue weighted by Gasteiger charge is -2.27. The van der Waals surface area contributed by atoms with Crippen LogP contribution in [0.2, 0.25) is 0 Å². The van der Waals surface area contributed by atoms with Crippen LogP contribution in [0.15, 0.2) is 48.7 Å². The first-order chi connectivity index (χ1) is 16.3. The Hall–Kier alpha value is -2.67. The predicted octanol–water partition coefficient (Wildman–Crippen LogP) is 6.54. The van der Waals surface area contributed by atoms with Gasteiger partial charge in [-0.2, -0.15) is 0 Å². The van der Waals surface area contributed by atoms with Crippen LogP contribution in [-0.4, -0.2) is 27.7 Å². The highest BCUT2D eigenvalue weighted by atomic mass is 32.1. The molecule has 1 saturated carbocycles. The van der Waals surface area contributed by atoms with Gasteiger partial charge in [-0.3, -0.25) is 0 Å². The fourth-order valence-corrected chi connectivity index (χ4v) is 4.40. The number of amides is 1. The zero-order valence-electron chi connectivity index (χ0n) is 20.5. The maximum atomic E-state index is 12.5. The van der Waals surface area contributed by atoms with Crippen molar-refractivity contribution >= 4 is 23.3 Å². The molecule has 0 aliphatic heterocycles. The topological polar surface area (TPSA) is 72.5 Å². The number of hydrogen-bond acceptors (Lipinski definition) is 5. The largest absolute Gasteiger partial charge is 0.444 e. The van der Waals surface area contributed by atoms with Crippen LogP contribution in [0.5, 0.6) is 11.6 Å². The lowest BCUT2D eigenvalue weighted by molar-refractivity contribution is 0.0514. The van der Waals surface area contributed by atoms with Gasteiger partial charge in [-0.25, -0.2) is 9.78 Å². The molecule has 7 heteroatoms. The second kappa shape index (κ2) is 12.7. The van der Waals surface area contributed by atoms with Crippen molar-refractivity contribution in [1.29, 1.82) is 0 Å². The van der Waals surface area contributed by atoms with Crippen molar-refractivity contribution in [2.75, 3.05) is 0 Å². The van der Waals surface area contributed by atoms with Gasteiger partial charge in [0.1, 0.15) is 11.4 Å². The molecule has 1 aliphatic rings. The summed E-state index contributed by atoms with van der Waals surface area (Å²) >= 11 is 5.73.